The fourth-order valence-electron chi connectivity index (χ4n) is 0.396. The predicted octanol–water partition coefficient (Wildman–Crippen LogP) is 2.10. The van der Waals surface area contributed by atoms with E-state index >= 15 is 0 Å². The van der Waals surface area contributed by atoms with Gasteiger partial charge in [-0.3, -0.25) is 0 Å². The predicted molar refractivity (Wildman–Crippen MR) is 25.4 cm³/mol. The largest absolute Gasteiger partial charge is 0.404 e. The van der Waals surface area contributed by atoms with Gasteiger partial charge in [0, 0.05) is 0 Å². The van der Waals surface area contributed by atoms with Crippen LogP contribution in [0.4, 0.5) is 13.2 Å². The highest BCUT2D eigenvalue weighted by Gasteiger charge is 2.38. The summed E-state index contributed by atoms with van der Waals surface area (Å²) in [5, 5.41) is 7.89. The van der Waals surface area contributed by atoms with Crippen LogP contribution in [0.3, 0.4) is 0 Å². The van der Waals surface area contributed by atoms with E-state index in [-0.39, 0.29) is 6.42 Å². The zero-order valence-electron chi connectivity index (χ0n) is 4.87. The number of hydrogen-bond donors (Lipinski definition) is 0. The Labute approximate surface area is 51.1 Å². The van der Waals surface area contributed by atoms with E-state index in [9.17, 15) is 13.2 Å². The lowest BCUT2D eigenvalue weighted by Crippen LogP contribution is -2.19. The van der Waals surface area contributed by atoms with Crippen molar-refractivity contribution in [2.45, 2.75) is 19.5 Å². The van der Waals surface area contributed by atoms with E-state index in [2.05, 4.69) is 0 Å². The second kappa shape index (κ2) is 2.72. The molecule has 1 unspecified atom stereocenters. The van der Waals surface area contributed by atoms with Crippen LogP contribution in [-0.4, -0.2) is 6.18 Å². The maximum Gasteiger partial charge on any atom is 0.404 e. The highest BCUT2D eigenvalue weighted by molar-refractivity contribution is 4.86. The summed E-state index contributed by atoms with van der Waals surface area (Å²) in [6.45, 7) is 1.33. The van der Waals surface area contributed by atoms with Crippen LogP contribution in [0.25, 0.3) is 0 Å². The van der Waals surface area contributed by atoms with E-state index in [0.29, 0.717) is 0 Å². The van der Waals surface area contributed by atoms with Crippen LogP contribution in [0.5, 0.6) is 0 Å². The molecular weight excluding hydrogens is 131 g/mol. The summed E-state index contributed by atoms with van der Waals surface area (Å²) in [4.78, 5) is 0. The zero-order chi connectivity index (χ0) is 7.49. The van der Waals surface area contributed by atoms with Crippen molar-refractivity contribution in [3.05, 3.63) is 0 Å². The van der Waals surface area contributed by atoms with Gasteiger partial charge in [0.1, 0.15) is 5.92 Å². The lowest BCUT2D eigenvalue weighted by atomic mass is 10.1. The van der Waals surface area contributed by atoms with Gasteiger partial charge in [0.25, 0.3) is 0 Å². The van der Waals surface area contributed by atoms with E-state index in [1.807, 2.05) is 0 Å². The van der Waals surface area contributed by atoms with E-state index in [0.717, 1.165) is 0 Å². The average molecular weight is 137 g/mol. The molecule has 0 aliphatic rings. The number of rotatable bonds is 1. The van der Waals surface area contributed by atoms with Gasteiger partial charge in [0.2, 0.25) is 0 Å². The van der Waals surface area contributed by atoms with Crippen molar-refractivity contribution in [1.82, 2.24) is 0 Å². The smallest absolute Gasteiger partial charge is 0.198 e. The number of alkyl halides is 3. The minimum absolute atomic E-state index is 0.167. The van der Waals surface area contributed by atoms with Crippen LogP contribution in [0.15, 0.2) is 0 Å². The van der Waals surface area contributed by atoms with Crippen molar-refractivity contribution in [1.29, 1.82) is 5.26 Å². The lowest BCUT2D eigenvalue weighted by molar-refractivity contribution is -0.159. The monoisotopic (exact) mass is 137 g/mol. The van der Waals surface area contributed by atoms with Gasteiger partial charge < -0.3 is 0 Å². The van der Waals surface area contributed by atoms with Gasteiger partial charge in [-0.1, -0.05) is 6.92 Å². The quantitative estimate of drug-likeness (QED) is 0.542. The van der Waals surface area contributed by atoms with Crippen LogP contribution < -0.4 is 0 Å². The number of halogens is 3. The van der Waals surface area contributed by atoms with E-state index in [1.165, 1.54) is 13.0 Å². The van der Waals surface area contributed by atoms with E-state index in [4.69, 9.17) is 5.26 Å². The zero-order valence-corrected chi connectivity index (χ0v) is 4.87. The van der Waals surface area contributed by atoms with Crippen LogP contribution in [0.1, 0.15) is 13.3 Å². The fraction of sp³-hybridized carbons (Fsp3) is 0.800. The molecule has 0 fully saturated rings. The maximum atomic E-state index is 11.5. The minimum atomic E-state index is -4.34. The Balaban J connectivity index is 4.00. The Morgan fingerprint density at radius 1 is 1.56 bits per heavy atom. The molecule has 0 N–H and O–H groups in total. The molecule has 1 nitrogen and oxygen atoms in total. The maximum absolute atomic E-state index is 11.5. The highest BCUT2D eigenvalue weighted by atomic mass is 19.4. The molecule has 1 atom stereocenters. The lowest BCUT2D eigenvalue weighted by Gasteiger charge is -2.08. The van der Waals surface area contributed by atoms with Crippen molar-refractivity contribution < 1.29 is 13.2 Å². The van der Waals surface area contributed by atoms with Crippen molar-refractivity contribution in [2.24, 2.45) is 5.92 Å². The van der Waals surface area contributed by atoms with Crippen molar-refractivity contribution in [2.75, 3.05) is 0 Å². The molecule has 0 amide bonds. The molecule has 0 saturated carbocycles. The van der Waals surface area contributed by atoms with E-state index < -0.39 is 12.1 Å². The molecule has 0 bridgehead atoms. The normalized spacial score (nSPS) is 14.6. The van der Waals surface area contributed by atoms with Crippen molar-refractivity contribution >= 4 is 0 Å². The molecule has 0 aliphatic heterocycles. The van der Waals surface area contributed by atoms with Crippen LogP contribution in [0.2, 0.25) is 0 Å². The number of hydrogen-bond acceptors (Lipinski definition) is 1. The molecule has 0 radical (unpaired) electrons. The topological polar surface area (TPSA) is 23.8 Å². The Morgan fingerprint density at radius 3 is 2.00 bits per heavy atom. The summed E-state index contributed by atoms with van der Waals surface area (Å²) >= 11 is 0. The summed E-state index contributed by atoms with van der Waals surface area (Å²) in [5.74, 6) is -1.79. The van der Waals surface area contributed by atoms with Gasteiger partial charge in [-0.25, -0.2) is 0 Å². The van der Waals surface area contributed by atoms with Crippen molar-refractivity contribution in [3.63, 3.8) is 0 Å². The summed E-state index contributed by atoms with van der Waals surface area (Å²) in [5.41, 5.74) is 0. The SMILES string of the molecule is CCC(C#N)C(F)(F)F. The van der Waals surface area contributed by atoms with Crippen LogP contribution >= 0.6 is 0 Å². The second-order valence-corrected chi connectivity index (χ2v) is 1.63. The number of nitriles is 1. The third-order valence-corrected chi connectivity index (χ3v) is 0.959. The first-order chi connectivity index (χ1) is 4.02. The first-order valence-electron chi connectivity index (χ1n) is 2.48. The van der Waals surface area contributed by atoms with Gasteiger partial charge in [-0.15, -0.1) is 0 Å². The Bertz CT molecular complexity index is 121. The summed E-state index contributed by atoms with van der Waals surface area (Å²) in [6, 6.07) is 1.17. The summed E-state index contributed by atoms with van der Waals surface area (Å²) in [7, 11) is 0. The average Bonchev–Trinajstić information content (AvgIpc) is 1.65. The standard InChI is InChI=1S/C5H6F3N/c1-2-4(3-9)5(6,7)8/h4H,2H2,1H3. The molecule has 0 rings (SSSR count). The van der Waals surface area contributed by atoms with Crippen LogP contribution in [0, 0.1) is 17.2 Å². The van der Waals surface area contributed by atoms with Gasteiger partial charge in [0.05, 0.1) is 6.07 Å². The third-order valence-electron chi connectivity index (χ3n) is 0.959. The Morgan fingerprint density at radius 2 is 2.00 bits per heavy atom. The molecule has 0 aromatic rings. The van der Waals surface area contributed by atoms with Gasteiger partial charge in [0.15, 0.2) is 0 Å². The fourth-order valence-corrected chi connectivity index (χ4v) is 0.396. The molecule has 9 heavy (non-hydrogen) atoms. The molecule has 52 valence electrons. The molecule has 0 aromatic carbocycles. The van der Waals surface area contributed by atoms with Crippen LogP contribution in [-0.2, 0) is 0 Å². The van der Waals surface area contributed by atoms with Gasteiger partial charge in [-0.2, -0.15) is 18.4 Å². The highest BCUT2D eigenvalue weighted by Crippen LogP contribution is 2.27. The second-order valence-electron chi connectivity index (χ2n) is 1.63. The molecule has 0 heterocycles. The molecule has 0 spiro atoms. The minimum Gasteiger partial charge on any atom is -0.198 e. The molecule has 0 aliphatic carbocycles. The van der Waals surface area contributed by atoms with Crippen molar-refractivity contribution in [3.8, 4) is 6.07 Å². The molecule has 0 aromatic heterocycles. The Hall–Kier alpha value is -0.720. The first-order valence-corrected chi connectivity index (χ1v) is 2.48. The van der Waals surface area contributed by atoms with Gasteiger partial charge in [-0.05, 0) is 6.42 Å². The molecular formula is C5H6F3N. The first kappa shape index (κ1) is 8.28. The van der Waals surface area contributed by atoms with Gasteiger partial charge >= 0.3 is 6.18 Å². The third kappa shape index (κ3) is 2.36. The summed E-state index contributed by atoms with van der Waals surface area (Å²) in [6.07, 6.45) is -4.51. The summed E-state index contributed by atoms with van der Waals surface area (Å²) < 4.78 is 34.5. The number of nitrogens with zero attached hydrogens (tertiary/aromatic N) is 1. The molecule has 4 heteroatoms. The van der Waals surface area contributed by atoms with E-state index in [1.54, 1.807) is 0 Å². The molecule has 0 saturated heterocycles. The Kier molecular flexibility index (Phi) is 2.50.